The number of ketones is 1. The van der Waals surface area contributed by atoms with Crippen LogP contribution in [-0.2, 0) is 4.79 Å². The Morgan fingerprint density at radius 3 is 2.89 bits per heavy atom. The van der Waals surface area contributed by atoms with Crippen LogP contribution in [0.5, 0.6) is 5.75 Å². The molecule has 1 fully saturated rings. The maximum absolute atomic E-state index is 12.2. The zero-order chi connectivity index (χ0) is 13.3. The minimum atomic E-state index is -0.283. The number of phenols is 1. The summed E-state index contributed by atoms with van der Waals surface area (Å²) in [6, 6.07) is 4.37. The number of piperidine rings is 1. The van der Waals surface area contributed by atoms with E-state index in [0.29, 0.717) is 24.5 Å². The highest BCUT2D eigenvalue weighted by molar-refractivity contribution is 6.31. The van der Waals surface area contributed by atoms with Gasteiger partial charge in [0, 0.05) is 30.5 Å². The van der Waals surface area contributed by atoms with Crippen molar-refractivity contribution in [1.29, 1.82) is 0 Å². The molecule has 1 amide bonds. The number of hydrogen-bond donors (Lipinski definition) is 1. The molecule has 1 N–H and O–H groups in total. The smallest absolute Gasteiger partial charge is 0.257 e. The van der Waals surface area contributed by atoms with E-state index in [4.69, 9.17) is 11.6 Å². The minimum Gasteiger partial charge on any atom is -0.507 e. The molecule has 1 atom stereocenters. The number of nitrogens with zero attached hydrogens (tertiary/aromatic N) is 1. The van der Waals surface area contributed by atoms with Gasteiger partial charge >= 0.3 is 0 Å². The standard InChI is InChI=1S/C13H14ClNO3/c1-8-7-15(5-4-11(8)16)13(18)10-6-9(14)2-3-12(10)17/h2-3,6,8,17H,4-5,7H2,1H3. The number of hydrogen-bond acceptors (Lipinski definition) is 3. The van der Waals surface area contributed by atoms with Crippen LogP contribution < -0.4 is 0 Å². The highest BCUT2D eigenvalue weighted by Crippen LogP contribution is 2.24. The molecule has 1 aliphatic rings. The quantitative estimate of drug-likeness (QED) is 0.848. The van der Waals surface area contributed by atoms with Crippen molar-refractivity contribution in [3.05, 3.63) is 28.8 Å². The van der Waals surface area contributed by atoms with Crippen LogP contribution in [0.4, 0.5) is 0 Å². The van der Waals surface area contributed by atoms with Gasteiger partial charge in [0.1, 0.15) is 11.5 Å². The van der Waals surface area contributed by atoms with Crippen LogP contribution in [0.25, 0.3) is 0 Å². The number of likely N-dealkylation sites (tertiary alicyclic amines) is 1. The number of aromatic hydroxyl groups is 1. The predicted molar refractivity (Wildman–Crippen MR) is 67.8 cm³/mol. The van der Waals surface area contributed by atoms with E-state index in [1.165, 1.54) is 18.2 Å². The predicted octanol–water partition coefficient (Wildman–Crippen LogP) is 2.10. The molecule has 1 aliphatic heterocycles. The molecule has 1 unspecified atom stereocenters. The lowest BCUT2D eigenvalue weighted by molar-refractivity contribution is -0.124. The Morgan fingerprint density at radius 1 is 1.50 bits per heavy atom. The molecule has 0 radical (unpaired) electrons. The van der Waals surface area contributed by atoms with E-state index >= 15 is 0 Å². The van der Waals surface area contributed by atoms with E-state index in [1.807, 2.05) is 0 Å². The minimum absolute atomic E-state index is 0.0889. The van der Waals surface area contributed by atoms with Gasteiger partial charge < -0.3 is 10.0 Å². The fourth-order valence-corrected chi connectivity index (χ4v) is 2.22. The van der Waals surface area contributed by atoms with Crippen molar-refractivity contribution in [2.75, 3.05) is 13.1 Å². The SMILES string of the molecule is CC1CN(C(=O)c2cc(Cl)ccc2O)CCC1=O. The Bertz CT molecular complexity index is 501. The van der Waals surface area contributed by atoms with Crippen molar-refractivity contribution >= 4 is 23.3 Å². The third-order valence-electron chi connectivity index (χ3n) is 3.15. The Labute approximate surface area is 110 Å². The second-order valence-electron chi connectivity index (χ2n) is 4.53. The number of rotatable bonds is 1. The number of phenolic OH excluding ortho intramolecular Hbond substituents is 1. The van der Waals surface area contributed by atoms with Gasteiger partial charge in [0.05, 0.1) is 5.56 Å². The number of carbonyl (C=O) groups is 2. The number of benzene rings is 1. The molecule has 96 valence electrons. The van der Waals surface area contributed by atoms with E-state index < -0.39 is 0 Å². The number of halogens is 1. The van der Waals surface area contributed by atoms with Crippen molar-refractivity contribution in [3.8, 4) is 5.75 Å². The van der Waals surface area contributed by atoms with E-state index in [0.717, 1.165) is 0 Å². The molecule has 0 spiro atoms. The van der Waals surface area contributed by atoms with Gasteiger partial charge in [-0.15, -0.1) is 0 Å². The summed E-state index contributed by atoms with van der Waals surface area (Å²) >= 11 is 5.82. The molecule has 1 saturated heterocycles. The maximum atomic E-state index is 12.2. The molecule has 1 aromatic carbocycles. The van der Waals surface area contributed by atoms with E-state index in [9.17, 15) is 14.7 Å². The number of Topliss-reactive ketones (excluding diaryl/α,β-unsaturated/α-hetero) is 1. The van der Waals surface area contributed by atoms with E-state index in [2.05, 4.69) is 0 Å². The van der Waals surface area contributed by atoms with Gasteiger partial charge in [-0.05, 0) is 18.2 Å². The third-order valence-corrected chi connectivity index (χ3v) is 3.38. The molecular formula is C13H14ClNO3. The van der Waals surface area contributed by atoms with Crippen LogP contribution >= 0.6 is 11.6 Å². The van der Waals surface area contributed by atoms with Crippen LogP contribution in [-0.4, -0.2) is 34.8 Å². The molecule has 18 heavy (non-hydrogen) atoms. The molecule has 1 heterocycles. The molecule has 0 saturated carbocycles. The van der Waals surface area contributed by atoms with Crippen LogP contribution in [0, 0.1) is 5.92 Å². The van der Waals surface area contributed by atoms with Crippen LogP contribution in [0.2, 0.25) is 5.02 Å². The first-order valence-electron chi connectivity index (χ1n) is 5.79. The van der Waals surface area contributed by atoms with Crippen LogP contribution in [0.15, 0.2) is 18.2 Å². The molecule has 2 rings (SSSR count). The number of amides is 1. The number of carbonyl (C=O) groups excluding carboxylic acids is 2. The maximum Gasteiger partial charge on any atom is 0.257 e. The van der Waals surface area contributed by atoms with Gasteiger partial charge in [0.2, 0.25) is 0 Å². The first kappa shape index (κ1) is 12.9. The van der Waals surface area contributed by atoms with Crippen molar-refractivity contribution in [2.24, 2.45) is 5.92 Å². The summed E-state index contributed by atoms with van der Waals surface area (Å²) in [6.45, 7) is 2.59. The van der Waals surface area contributed by atoms with E-state index in [1.54, 1.807) is 11.8 Å². The Hall–Kier alpha value is -1.55. The lowest BCUT2D eigenvalue weighted by atomic mass is 9.98. The molecule has 0 bridgehead atoms. The van der Waals surface area contributed by atoms with Gasteiger partial charge in [0.25, 0.3) is 5.91 Å². The fourth-order valence-electron chi connectivity index (χ4n) is 2.05. The Balaban J connectivity index is 2.21. The summed E-state index contributed by atoms with van der Waals surface area (Å²) in [4.78, 5) is 25.2. The second-order valence-corrected chi connectivity index (χ2v) is 4.97. The van der Waals surface area contributed by atoms with Crippen LogP contribution in [0.3, 0.4) is 0 Å². The highest BCUT2D eigenvalue weighted by atomic mass is 35.5. The monoisotopic (exact) mass is 267 g/mol. The zero-order valence-corrected chi connectivity index (χ0v) is 10.8. The average Bonchev–Trinajstić information content (AvgIpc) is 2.35. The molecular weight excluding hydrogens is 254 g/mol. The van der Waals surface area contributed by atoms with Crippen molar-refractivity contribution in [1.82, 2.24) is 4.90 Å². The van der Waals surface area contributed by atoms with Crippen molar-refractivity contribution in [3.63, 3.8) is 0 Å². The van der Waals surface area contributed by atoms with Crippen molar-refractivity contribution < 1.29 is 14.7 Å². The van der Waals surface area contributed by atoms with Gasteiger partial charge in [-0.1, -0.05) is 18.5 Å². The highest BCUT2D eigenvalue weighted by Gasteiger charge is 2.28. The summed E-state index contributed by atoms with van der Waals surface area (Å²) < 4.78 is 0. The summed E-state index contributed by atoms with van der Waals surface area (Å²) in [5.74, 6) is -0.346. The Kier molecular flexibility index (Phi) is 3.57. The Morgan fingerprint density at radius 2 is 2.22 bits per heavy atom. The molecule has 5 heteroatoms. The normalized spacial score (nSPS) is 20.0. The third kappa shape index (κ3) is 2.48. The van der Waals surface area contributed by atoms with Gasteiger partial charge in [0.15, 0.2) is 0 Å². The molecule has 0 aliphatic carbocycles. The zero-order valence-electron chi connectivity index (χ0n) is 10.0. The second kappa shape index (κ2) is 4.98. The first-order valence-corrected chi connectivity index (χ1v) is 6.17. The molecule has 4 nitrogen and oxygen atoms in total. The average molecular weight is 268 g/mol. The van der Waals surface area contributed by atoms with Gasteiger partial charge in [-0.3, -0.25) is 9.59 Å². The largest absolute Gasteiger partial charge is 0.507 e. The fraction of sp³-hybridized carbons (Fsp3) is 0.385. The summed E-state index contributed by atoms with van der Waals surface area (Å²) in [5.41, 5.74) is 0.184. The van der Waals surface area contributed by atoms with Crippen LogP contribution in [0.1, 0.15) is 23.7 Å². The summed E-state index contributed by atoms with van der Waals surface area (Å²) in [5, 5.41) is 10.1. The van der Waals surface area contributed by atoms with E-state index in [-0.39, 0.29) is 28.9 Å². The first-order chi connectivity index (χ1) is 8.49. The molecule has 1 aromatic rings. The summed E-state index contributed by atoms with van der Waals surface area (Å²) in [7, 11) is 0. The lowest BCUT2D eigenvalue weighted by Gasteiger charge is -2.30. The van der Waals surface area contributed by atoms with Gasteiger partial charge in [-0.25, -0.2) is 0 Å². The van der Waals surface area contributed by atoms with Gasteiger partial charge in [-0.2, -0.15) is 0 Å². The topological polar surface area (TPSA) is 57.6 Å². The van der Waals surface area contributed by atoms with Crippen molar-refractivity contribution in [2.45, 2.75) is 13.3 Å². The lowest BCUT2D eigenvalue weighted by Crippen LogP contribution is -2.43. The molecule has 0 aromatic heterocycles. The summed E-state index contributed by atoms with van der Waals surface area (Å²) in [6.07, 6.45) is 0.369.